The predicted molar refractivity (Wildman–Crippen MR) is 131 cm³/mol. The third-order valence-corrected chi connectivity index (χ3v) is 7.55. The molecular formula is C25H38NO5P. The van der Waals surface area contributed by atoms with Gasteiger partial charge in [0.25, 0.3) is 0 Å². The van der Waals surface area contributed by atoms with E-state index in [-0.39, 0.29) is 28.9 Å². The maximum atomic E-state index is 14.0. The minimum Gasteiger partial charge on any atom is -0.508 e. The van der Waals surface area contributed by atoms with Gasteiger partial charge in [-0.3, -0.25) is 4.52 Å². The van der Waals surface area contributed by atoms with Crippen molar-refractivity contribution in [2.45, 2.75) is 78.4 Å². The highest BCUT2D eigenvalue weighted by Gasteiger charge is 2.37. The summed E-state index contributed by atoms with van der Waals surface area (Å²) in [5.41, 5.74) is 1.47. The number of benzene rings is 2. The Bertz CT molecular complexity index is 923. The highest BCUT2D eigenvalue weighted by molar-refractivity contribution is 7.55. The van der Waals surface area contributed by atoms with Gasteiger partial charge in [0.15, 0.2) is 0 Å². The lowest BCUT2D eigenvalue weighted by Gasteiger charge is -2.31. The quantitative estimate of drug-likeness (QED) is 0.285. The minimum absolute atomic E-state index is 0.154. The number of anilines is 1. The normalized spacial score (nSPS) is 15.1. The van der Waals surface area contributed by atoms with Gasteiger partial charge in [-0.25, -0.2) is 4.57 Å². The first-order valence-electron chi connectivity index (χ1n) is 11.1. The summed E-state index contributed by atoms with van der Waals surface area (Å²) in [5, 5.41) is 23.7. The maximum absolute atomic E-state index is 14.0. The predicted octanol–water partition coefficient (Wildman–Crippen LogP) is 7.15. The third-order valence-electron chi connectivity index (χ3n) is 5.21. The van der Waals surface area contributed by atoms with Crippen molar-refractivity contribution in [1.82, 2.24) is 0 Å². The molecule has 0 spiro atoms. The molecule has 0 aliphatic carbocycles. The van der Waals surface area contributed by atoms with Crippen molar-refractivity contribution in [3.8, 4) is 17.2 Å². The zero-order chi connectivity index (χ0) is 24.3. The van der Waals surface area contributed by atoms with Gasteiger partial charge in [0, 0.05) is 16.8 Å². The molecule has 0 aromatic heterocycles. The molecule has 0 fully saturated rings. The Hall–Kier alpha value is -2.17. The van der Waals surface area contributed by atoms with Crippen LogP contribution in [-0.4, -0.2) is 22.6 Å². The first-order valence-corrected chi connectivity index (χ1v) is 12.7. The van der Waals surface area contributed by atoms with Crippen LogP contribution in [0.1, 0.15) is 72.9 Å². The first kappa shape index (κ1) is 26.1. The van der Waals surface area contributed by atoms with Gasteiger partial charge in [-0.2, -0.15) is 0 Å². The van der Waals surface area contributed by atoms with Crippen LogP contribution >= 0.6 is 7.60 Å². The summed E-state index contributed by atoms with van der Waals surface area (Å²) in [5.74, 6) is 0.191. The molecule has 3 N–H and O–H groups in total. The molecule has 0 bridgehead atoms. The Morgan fingerprint density at radius 3 is 1.84 bits per heavy atom. The molecule has 2 unspecified atom stereocenters. The number of hydrogen-bond acceptors (Lipinski definition) is 6. The van der Waals surface area contributed by atoms with Crippen molar-refractivity contribution < 1.29 is 23.8 Å². The van der Waals surface area contributed by atoms with E-state index in [2.05, 4.69) is 5.32 Å². The second-order valence-corrected chi connectivity index (χ2v) is 12.2. The molecule has 178 valence electrons. The SMILES string of the molecule is CCOP(=O)(Oc1cc(C(C)(C)C)c(O)c(C(C)(C)C)c1)C(CC)Nc1ccc(O)cc1. The molecule has 2 atom stereocenters. The molecule has 0 aliphatic rings. The highest BCUT2D eigenvalue weighted by Crippen LogP contribution is 2.55. The fraction of sp³-hybridized carbons (Fsp3) is 0.520. The van der Waals surface area contributed by atoms with Crippen molar-refractivity contribution in [3.05, 3.63) is 47.5 Å². The zero-order valence-electron chi connectivity index (χ0n) is 20.5. The van der Waals surface area contributed by atoms with Crippen molar-refractivity contribution in [2.24, 2.45) is 0 Å². The summed E-state index contributed by atoms with van der Waals surface area (Å²) in [7, 11) is -3.64. The van der Waals surface area contributed by atoms with Gasteiger partial charge in [-0.15, -0.1) is 0 Å². The van der Waals surface area contributed by atoms with Crippen LogP contribution < -0.4 is 9.84 Å². The average Bonchev–Trinajstić information content (AvgIpc) is 2.67. The van der Waals surface area contributed by atoms with Gasteiger partial charge in [0.2, 0.25) is 0 Å². The summed E-state index contributed by atoms with van der Waals surface area (Å²) >= 11 is 0. The molecule has 0 radical (unpaired) electrons. The average molecular weight is 464 g/mol. The zero-order valence-corrected chi connectivity index (χ0v) is 21.4. The largest absolute Gasteiger partial charge is 0.508 e. The Morgan fingerprint density at radius 1 is 0.938 bits per heavy atom. The smallest absolute Gasteiger partial charge is 0.401 e. The van der Waals surface area contributed by atoms with E-state index in [0.717, 1.165) is 11.1 Å². The van der Waals surface area contributed by atoms with Gasteiger partial charge < -0.3 is 20.1 Å². The molecular weight excluding hydrogens is 425 g/mol. The first-order chi connectivity index (χ1) is 14.7. The summed E-state index contributed by atoms with van der Waals surface area (Å²) < 4.78 is 25.8. The van der Waals surface area contributed by atoms with Crippen molar-refractivity contribution in [1.29, 1.82) is 0 Å². The Kier molecular flexibility index (Phi) is 7.96. The fourth-order valence-corrected chi connectivity index (χ4v) is 5.34. The molecule has 0 saturated carbocycles. The van der Waals surface area contributed by atoms with E-state index in [0.29, 0.717) is 17.9 Å². The minimum atomic E-state index is -3.64. The van der Waals surface area contributed by atoms with Crippen LogP contribution in [0, 0.1) is 0 Å². The second kappa shape index (κ2) is 9.76. The third kappa shape index (κ3) is 6.20. The second-order valence-electron chi connectivity index (χ2n) is 10.0. The van der Waals surface area contributed by atoms with Crippen molar-refractivity contribution >= 4 is 13.3 Å². The molecule has 0 heterocycles. The summed E-state index contributed by atoms with van der Waals surface area (Å²) in [6.07, 6.45) is 0.495. The summed E-state index contributed by atoms with van der Waals surface area (Å²) in [6.45, 7) is 16.0. The maximum Gasteiger partial charge on any atom is 0.401 e. The van der Waals surface area contributed by atoms with Gasteiger partial charge in [-0.05, 0) is 60.6 Å². The van der Waals surface area contributed by atoms with Gasteiger partial charge >= 0.3 is 7.60 Å². The molecule has 2 aromatic carbocycles. The van der Waals surface area contributed by atoms with Crippen LogP contribution in [0.4, 0.5) is 5.69 Å². The van der Waals surface area contributed by atoms with Crippen LogP contribution in [0.2, 0.25) is 0 Å². The standard InChI is InChI=1S/C25H38NO5P/c1-9-22(26-17-11-13-18(27)14-12-17)32(29,30-10-2)31-19-15-20(24(3,4)5)23(28)21(16-19)25(6,7)8/h11-16,22,26-28H,9-10H2,1-8H3. The number of hydrogen-bond donors (Lipinski definition) is 3. The molecule has 2 rings (SSSR count). The van der Waals surface area contributed by atoms with Crippen molar-refractivity contribution in [2.75, 3.05) is 11.9 Å². The molecule has 0 aliphatic heterocycles. The lowest BCUT2D eigenvalue weighted by atomic mass is 9.79. The number of aromatic hydroxyl groups is 2. The van der Waals surface area contributed by atoms with E-state index in [1.807, 2.05) is 48.5 Å². The molecule has 0 saturated heterocycles. The molecule has 2 aromatic rings. The highest BCUT2D eigenvalue weighted by atomic mass is 31.2. The van der Waals surface area contributed by atoms with E-state index >= 15 is 0 Å². The Labute approximate surface area is 192 Å². The van der Waals surface area contributed by atoms with E-state index in [9.17, 15) is 14.8 Å². The number of rotatable bonds is 8. The van der Waals surface area contributed by atoms with Crippen LogP contribution in [-0.2, 0) is 19.9 Å². The number of phenols is 2. The van der Waals surface area contributed by atoms with E-state index < -0.39 is 13.4 Å². The van der Waals surface area contributed by atoms with Crippen LogP contribution in [0.25, 0.3) is 0 Å². The van der Waals surface area contributed by atoms with Gasteiger partial charge in [0.1, 0.15) is 23.0 Å². The van der Waals surface area contributed by atoms with E-state index in [1.165, 1.54) is 0 Å². The Morgan fingerprint density at radius 2 is 1.44 bits per heavy atom. The lowest BCUT2D eigenvalue weighted by molar-refractivity contribution is 0.271. The fourth-order valence-electron chi connectivity index (χ4n) is 3.47. The summed E-state index contributed by atoms with van der Waals surface area (Å²) in [4.78, 5) is 0. The monoisotopic (exact) mass is 463 g/mol. The lowest BCUT2D eigenvalue weighted by Crippen LogP contribution is -2.23. The van der Waals surface area contributed by atoms with E-state index in [4.69, 9.17) is 9.05 Å². The van der Waals surface area contributed by atoms with Crippen LogP contribution in [0.5, 0.6) is 17.2 Å². The topological polar surface area (TPSA) is 88.0 Å². The van der Waals surface area contributed by atoms with E-state index in [1.54, 1.807) is 43.3 Å². The summed E-state index contributed by atoms with van der Waals surface area (Å²) in [6, 6.07) is 10.1. The van der Waals surface area contributed by atoms with Crippen LogP contribution in [0.3, 0.4) is 0 Å². The Balaban J connectivity index is 2.52. The molecule has 0 amide bonds. The van der Waals surface area contributed by atoms with Crippen molar-refractivity contribution in [3.63, 3.8) is 0 Å². The number of nitrogens with one attached hydrogen (secondary N) is 1. The van der Waals surface area contributed by atoms with Gasteiger partial charge in [-0.1, -0.05) is 48.5 Å². The molecule has 6 nitrogen and oxygen atoms in total. The number of phenolic OH excluding ortho intramolecular Hbond substituents is 2. The molecule has 7 heteroatoms. The van der Waals surface area contributed by atoms with Crippen LogP contribution in [0.15, 0.2) is 36.4 Å². The molecule has 32 heavy (non-hydrogen) atoms. The van der Waals surface area contributed by atoms with Gasteiger partial charge in [0.05, 0.1) is 6.61 Å².